The summed E-state index contributed by atoms with van der Waals surface area (Å²) in [4.78, 5) is 21.0. The van der Waals surface area contributed by atoms with E-state index in [1.54, 1.807) is 0 Å². The molecule has 8 heteroatoms. The molecule has 0 radical (unpaired) electrons. The van der Waals surface area contributed by atoms with Gasteiger partial charge < -0.3 is 13.4 Å². The Hall–Kier alpha value is -8.36. The zero-order chi connectivity index (χ0) is 39.3. The summed E-state index contributed by atoms with van der Waals surface area (Å²) in [6.45, 7) is 0. The molecule has 8 aromatic carbocycles. The molecule has 0 saturated carbocycles. The van der Waals surface area contributed by atoms with Crippen LogP contribution in [-0.2, 0) is 0 Å². The van der Waals surface area contributed by atoms with Gasteiger partial charge in [-0.25, -0.2) is 9.97 Å². The molecule has 0 spiro atoms. The number of nitrogens with zero attached hydrogens (tertiary/aromatic N) is 6. The molecule has 0 saturated heterocycles. The monoisotopic (exact) mass is 770 g/mol. The molecule has 60 heavy (non-hydrogen) atoms. The largest absolute Gasteiger partial charge is 0.455 e. The number of hydrogen-bond donors (Lipinski definition) is 0. The number of para-hydroxylation sites is 6. The maximum atomic E-state index is 6.59. The second kappa shape index (κ2) is 12.6. The molecule has 0 N–H and O–H groups in total. The molecule has 280 valence electrons. The molecule has 0 fully saturated rings. The minimum absolute atomic E-state index is 0.450. The molecular formula is C52H30N6O2. The highest BCUT2D eigenvalue weighted by atomic mass is 16.3. The predicted molar refractivity (Wildman–Crippen MR) is 240 cm³/mol. The first kappa shape index (κ1) is 32.7. The van der Waals surface area contributed by atoms with Gasteiger partial charge in [-0.2, -0.15) is 9.97 Å². The summed E-state index contributed by atoms with van der Waals surface area (Å²) in [5.74, 6) is 1.91. The van der Waals surface area contributed by atoms with Gasteiger partial charge in [0.1, 0.15) is 16.7 Å². The van der Waals surface area contributed by atoms with E-state index in [1.165, 1.54) is 0 Å². The van der Waals surface area contributed by atoms with Crippen LogP contribution in [0.4, 0.5) is 0 Å². The standard InChI is InChI=1S/C52H30N6O2/c1-3-15-31(16-4-1)51-53-41-25-14-24-40(48(41)60-51)50-54-49(39-23-13-22-38-35-21-9-12-28-44(35)59-47(38)39)55-52(56-50)58-43-27-11-8-20-34(43)37-30-29-36-33-19-7-10-26-42(33)57(45(36)46(37)58)32-17-5-2-6-18-32/h1-30H. The molecule has 13 rings (SSSR count). The first-order valence-corrected chi connectivity index (χ1v) is 19.9. The number of hydrogen-bond acceptors (Lipinski definition) is 6. The first-order valence-electron chi connectivity index (χ1n) is 19.9. The molecule has 0 aliphatic rings. The maximum absolute atomic E-state index is 6.59. The van der Waals surface area contributed by atoms with Crippen molar-refractivity contribution in [2.24, 2.45) is 0 Å². The molecular weight excluding hydrogens is 741 g/mol. The molecule has 0 unspecified atom stereocenters. The summed E-state index contributed by atoms with van der Waals surface area (Å²) in [6.07, 6.45) is 0. The van der Waals surface area contributed by atoms with Crippen molar-refractivity contribution in [2.75, 3.05) is 0 Å². The number of benzene rings is 8. The van der Waals surface area contributed by atoms with Crippen molar-refractivity contribution in [3.63, 3.8) is 0 Å². The molecule has 13 aromatic rings. The van der Waals surface area contributed by atoms with E-state index in [-0.39, 0.29) is 0 Å². The van der Waals surface area contributed by atoms with Crippen LogP contribution >= 0.6 is 0 Å². The van der Waals surface area contributed by atoms with Gasteiger partial charge in [-0.15, -0.1) is 0 Å². The predicted octanol–water partition coefficient (Wildman–Crippen LogP) is 13.1. The number of aromatic nitrogens is 6. The van der Waals surface area contributed by atoms with Crippen LogP contribution in [0.15, 0.2) is 191 Å². The Morgan fingerprint density at radius 1 is 0.367 bits per heavy atom. The molecule has 5 aromatic heterocycles. The third kappa shape index (κ3) is 4.73. The van der Waals surface area contributed by atoms with E-state index < -0.39 is 0 Å². The number of oxazole rings is 1. The lowest BCUT2D eigenvalue weighted by Gasteiger charge is -2.13. The van der Waals surface area contributed by atoms with Crippen LogP contribution in [0.25, 0.3) is 123 Å². The van der Waals surface area contributed by atoms with Gasteiger partial charge in [-0.3, -0.25) is 4.57 Å². The van der Waals surface area contributed by atoms with Crippen molar-refractivity contribution in [1.29, 1.82) is 0 Å². The Kier molecular flexibility index (Phi) is 6.85. The Morgan fingerprint density at radius 3 is 1.67 bits per heavy atom. The van der Waals surface area contributed by atoms with Gasteiger partial charge in [0.25, 0.3) is 0 Å². The molecule has 5 heterocycles. The van der Waals surface area contributed by atoms with E-state index >= 15 is 0 Å². The third-order valence-electron chi connectivity index (χ3n) is 11.6. The summed E-state index contributed by atoms with van der Waals surface area (Å²) >= 11 is 0. The van der Waals surface area contributed by atoms with E-state index in [0.29, 0.717) is 45.7 Å². The van der Waals surface area contributed by atoms with Crippen LogP contribution in [-0.4, -0.2) is 29.1 Å². The quantitative estimate of drug-likeness (QED) is 0.173. The zero-order valence-electron chi connectivity index (χ0n) is 31.8. The Bertz CT molecular complexity index is 3840. The van der Waals surface area contributed by atoms with Crippen molar-refractivity contribution < 1.29 is 8.83 Å². The SMILES string of the molecule is c1ccc(-c2nc3cccc(-c4nc(-c5cccc6c5oc5ccccc56)nc(-n5c6ccccc6c6ccc7c8ccccc8n(-c8ccccc8)c7c65)n4)c3o2)cc1. The van der Waals surface area contributed by atoms with Crippen molar-refractivity contribution >= 4 is 76.6 Å². The summed E-state index contributed by atoms with van der Waals surface area (Å²) in [6, 6.07) is 62.2. The van der Waals surface area contributed by atoms with Crippen LogP contribution in [0.5, 0.6) is 0 Å². The molecule has 0 atom stereocenters. The van der Waals surface area contributed by atoms with Gasteiger partial charge in [0.05, 0.1) is 33.2 Å². The van der Waals surface area contributed by atoms with Gasteiger partial charge >= 0.3 is 0 Å². The minimum Gasteiger partial charge on any atom is -0.455 e. The molecule has 0 amide bonds. The van der Waals surface area contributed by atoms with Crippen molar-refractivity contribution in [3.05, 3.63) is 182 Å². The van der Waals surface area contributed by atoms with Crippen LogP contribution < -0.4 is 0 Å². The summed E-state index contributed by atoms with van der Waals surface area (Å²) in [5.41, 5.74) is 10.3. The molecule has 0 aliphatic heterocycles. The Labute approximate surface area is 341 Å². The van der Waals surface area contributed by atoms with Crippen LogP contribution in [0, 0.1) is 0 Å². The third-order valence-corrected chi connectivity index (χ3v) is 11.6. The van der Waals surface area contributed by atoms with Crippen LogP contribution in [0.2, 0.25) is 0 Å². The second-order valence-electron chi connectivity index (χ2n) is 15.0. The highest BCUT2D eigenvalue weighted by molar-refractivity contribution is 6.23. The van der Waals surface area contributed by atoms with Gasteiger partial charge in [0.15, 0.2) is 17.2 Å². The van der Waals surface area contributed by atoms with E-state index in [1.807, 2.05) is 78.9 Å². The molecule has 8 nitrogen and oxygen atoms in total. The van der Waals surface area contributed by atoms with Crippen molar-refractivity contribution in [3.8, 4) is 45.9 Å². The zero-order valence-corrected chi connectivity index (χ0v) is 31.8. The topological polar surface area (TPSA) is 87.7 Å². The second-order valence-corrected chi connectivity index (χ2v) is 15.0. The summed E-state index contributed by atoms with van der Waals surface area (Å²) in [7, 11) is 0. The van der Waals surface area contributed by atoms with E-state index in [2.05, 4.69) is 112 Å². The van der Waals surface area contributed by atoms with E-state index in [9.17, 15) is 0 Å². The molecule has 0 bridgehead atoms. The lowest BCUT2D eigenvalue weighted by atomic mass is 10.1. The van der Waals surface area contributed by atoms with E-state index in [0.717, 1.165) is 76.8 Å². The van der Waals surface area contributed by atoms with Gasteiger partial charge in [-0.05, 0) is 60.7 Å². The van der Waals surface area contributed by atoms with E-state index in [4.69, 9.17) is 28.8 Å². The number of rotatable bonds is 5. The highest BCUT2D eigenvalue weighted by Crippen LogP contribution is 2.42. The average molecular weight is 771 g/mol. The maximum Gasteiger partial charge on any atom is 0.238 e. The van der Waals surface area contributed by atoms with Crippen molar-refractivity contribution in [1.82, 2.24) is 29.1 Å². The normalized spacial score (nSPS) is 12.0. The fraction of sp³-hybridized carbons (Fsp3) is 0. The number of fused-ring (bicyclic) bond motifs is 11. The van der Waals surface area contributed by atoms with Crippen molar-refractivity contribution in [2.45, 2.75) is 0 Å². The van der Waals surface area contributed by atoms with Crippen LogP contribution in [0.3, 0.4) is 0 Å². The summed E-state index contributed by atoms with van der Waals surface area (Å²) in [5, 5.41) is 6.49. The summed E-state index contributed by atoms with van der Waals surface area (Å²) < 4.78 is 17.7. The molecule has 0 aliphatic carbocycles. The smallest absolute Gasteiger partial charge is 0.238 e. The first-order chi connectivity index (χ1) is 29.8. The lowest BCUT2D eigenvalue weighted by molar-refractivity contribution is 0.620. The Morgan fingerprint density at radius 2 is 0.933 bits per heavy atom. The van der Waals surface area contributed by atoms with Crippen LogP contribution in [0.1, 0.15) is 0 Å². The fourth-order valence-corrected chi connectivity index (χ4v) is 9.01. The van der Waals surface area contributed by atoms with Gasteiger partial charge in [-0.1, -0.05) is 121 Å². The Balaban J connectivity index is 1.17. The average Bonchev–Trinajstić information content (AvgIpc) is 4.09. The fourth-order valence-electron chi connectivity index (χ4n) is 9.01. The van der Waals surface area contributed by atoms with Gasteiger partial charge in [0, 0.05) is 43.6 Å². The van der Waals surface area contributed by atoms with Gasteiger partial charge in [0.2, 0.25) is 11.8 Å². The lowest BCUT2D eigenvalue weighted by Crippen LogP contribution is -2.07. The minimum atomic E-state index is 0.450. The highest BCUT2D eigenvalue weighted by Gasteiger charge is 2.25. The number of furan rings is 1.